The van der Waals surface area contributed by atoms with Crippen molar-refractivity contribution in [3.63, 3.8) is 0 Å². The molecule has 0 aliphatic heterocycles. The van der Waals surface area contributed by atoms with Crippen LogP contribution in [0.1, 0.15) is 12.5 Å². The van der Waals surface area contributed by atoms with E-state index in [2.05, 4.69) is 26.0 Å². The first kappa shape index (κ1) is 20.5. The summed E-state index contributed by atoms with van der Waals surface area (Å²) >= 11 is 3.27. The first-order valence-electron chi connectivity index (χ1n) is 8.53. The fourth-order valence-electron chi connectivity index (χ4n) is 3.02. The lowest BCUT2D eigenvalue weighted by molar-refractivity contribution is -0.137. The molecule has 156 valence electrons. The molecule has 0 aliphatic carbocycles. The zero-order chi connectivity index (χ0) is 21.8. The summed E-state index contributed by atoms with van der Waals surface area (Å²) < 4.78 is 67.4. The number of rotatable bonds is 3. The number of imidazole rings is 1. The monoisotopic (exact) mass is 500 g/mol. The van der Waals surface area contributed by atoms with Crippen LogP contribution in [0.2, 0.25) is 0 Å². The quantitative estimate of drug-likeness (QED) is 0.428. The maximum Gasteiger partial charge on any atom is 0.416 e. The molecule has 0 aliphatic rings. The second-order valence-corrected chi connectivity index (χ2v) is 9.49. The molecular formula is C18H12BrF3N4O3S. The fraction of sp³-hybridized carbons (Fsp3) is 0.167. The van der Waals surface area contributed by atoms with E-state index in [4.69, 9.17) is 0 Å². The molecule has 0 amide bonds. The molecule has 3 heterocycles. The number of hydrogen-bond donors (Lipinski definition) is 0. The van der Waals surface area contributed by atoms with Crippen molar-refractivity contribution in [2.24, 2.45) is 0 Å². The van der Waals surface area contributed by atoms with E-state index in [0.29, 0.717) is 9.15 Å². The molecule has 0 N–H and O–H groups in total. The van der Waals surface area contributed by atoms with Gasteiger partial charge in [0.15, 0.2) is 20.7 Å². The lowest BCUT2D eigenvalue weighted by Crippen LogP contribution is -2.24. The molecule has 12 heteroatoms. The standard InChI is InChI=1S/C18H12BrF3N4O3S/c1-2-30(28,29)17-15(24-14-8-12(19)5-6-25(14)17)26-16(27)13-7-11(18(20,21)22)4-3-10(13)9-23-26/h3-9H,2H2,1H3. The van der Waals surface area contributed by atoms with Crippen LogP contribution in [-0.4, -0.2) is 33.3 Å². The van der Waals surface area contributed by atoms with E-state index in [1.165, 1.54) is 23.7 Å². The summed E-state index contributed by atoms with van der Waals surface area (Å²) in [4.78, 5) is 17.2. The first-order valence-corrected chi connectivity index (χ1v) is 11.0. The van der Waals surface area contributed by atoms with E-state index in [0.717, 1.165) is 18.2 Å². The Bertz CT molecular complexity index is 1480. The average molecular weight is 501 g/mol. The number of hydrogen-bond acceptors (Lipinski definition) is 5. The maximum atomic E-state index is 13.1. The van der Waals surface area contributed by atoms with Crippen LogP contribution in [0.15, 0.2) is 57.0 Å². The highest BCUT2D eigenvalue weighted by atomic mass is 79.9. The highest BCUT2D eigenvalue weighted by Gasteiger charge is 2.31. The van der Waals surface area contributed by atoms with Crippen molar-refractivity contribution >= 4 is 42.2 Å². The third-order valence-electron chi connectivity index (χ3n) is 4.52. The van der Waals surface area contributed by atoms with Gasteiger partial charge in [-0.25, -0.2) is 13.4 Å². The lowest BCUT2D eigenvalue weighted by Gasteiger charge is -2.09. The molecule has 4 aromatic rings. The summed E-state index contributed by atoms with van der Waals surface area (Å²) in [6, 6.07) is 5.85. The molecule has 0 unspecified atom stereocenters. The number of aromatic nitrogens is 4. The second-order valence-electron chi connectivity index (χ2n) is 6.38. The van der Waals surface area contributed by atoms with E-state index in [1.807, 2.05) is 0 Å². The van der Waals surface area contributed by atoms with Crippen LogP contribution < -0.4 is 5.56 Å². The number of benzene rings is 1. The first-order chi connectivity index (χ1) is 14.0. The predicted molar refractivity (Wildman–Crippen MR) is 107 cm³/mol. The predicted octanol–water partition coefficient (Wildman–Crippen LogP) is 3.61. The molecule has 0 bridgehead atoms. The van der Waals surface area contributed by atoms with Gasteiger partial charge in [0.05, 0.1) is 22.9 Å². The fourth-order valence-corrected chi connectivity index (χ4v) is 4.48. The van der Waals surface area contributed by atoms with Gasteiger partial charge in [0.25, 0.3) is 5.56 Å². The van der Waals surface area contributed by atoms with Crippen molar-refractivity contribution in [1.82, 2.24) is 19.2 Å². The van der Waals surface area contributed by atoms with Crippen LogP contribution in [-0.2, 0) is 16.0 Å². The van der Waals surface area contributed by atoms with Crippen molar-refractivity contribution in [3.05, 3.63) is 63.1 Å². The van der Waals surface area contributed by atoms with Crippen LogP contribution >= 0.6 is 15.9 Å². The Labute approximate surface area is 175 Å². The Hall–Kier alpha value is -2.73. The maximum absolute atomic E-state index is 13.1. The molecule has 0 atom stereocenters. The number of alkyl halides is 3. The molecule has 0 saturated heterocycles. The Morgan fingerprint density at radius 2 is 1.90 bits per heavy atom. The van der Waals surface area contributed by atoms with E-state index in [-0.39, 0.29) is 33.0 Å². The summed E-state index contributed by atoms with van der Waals surface area (Å²) in [5.41, 5.74) is -1.68. The molecule has 7 nitrogen and oxygen atoms in total. The summed E-state index contributed by atoms with van der Waals surface area (Å²) in [5, 5.41) is 3.63. The highest BCUT2D eigenvalue weighted by Crippen LogP contribution is 2.31. The Morgan fingerprint density at radius 3 is 2.57 bits per heavy atom. The number of halogens is 4. The van der Waals surface area contributed by atoms with Crippen LogP contribution in [0, 0.1) is 0 Å². The van der Waals surface area contributed by atoms with Crippen LogP contribution in [0.25, 0.3) is 22.2 Å². The van der Waals surface area contributed by atoms with E-state index in [9.17, 15) is 26.4 Å². The molecule has 0 fully saturated rings. The SMILES string of the molecule is CCS(=O)(=O)c1c(-n2ncc3ccc(C(F)(F)F)cc3c2=O)nc2cc(Br)ccn12. The van der Waals surface area contributed by atoms with E-state index >= 15 is 0 Å². The minimum absolute atomic E-state index is 0.190. The van der Waals surface area contributed by atoms with Crippen molar-refractivity contribution in [2.45, 2.75) is 18.1 Å². The van der Waals surface area contributed by atoms with Crippen molar-refractivity contribution in [2.75, 3.05) is 5.75 Å². The molecule has 0 saturated carbocycles. The molecule has 0 spiro atoms. The molecule has 1 aromatic carbocycles. The van der Waals surface area contributed by atoms with E-state index in [1.54, 1.807) is 12.1 Å². The molecule has 30 heavy (non-hydrogen) atoms. The van der Waals surface area contributed by atoms with Gasteiger partial charge in [-0.1, -0.05) is 28.9 Å². The minimum atomic E-state index is -4.64. The smallest absolute Gasteiger partial charge is 0.289 e. The van der Waals surface area contributed by atoms with Crippen LogP contribution in [0.3, 0.4) is 0 Å². The number of pyridine rings is 1. The molecule has 3 aromatic heterocycles. The largest absolute Gasteiger partial charge is 0.416 e. The zero-order valence-corrected chi connectivity index (χ0v) is 17.6. The van der Waals surface area contributed by atoms with Crippen molar-refractivity contribution in [1.29, 1.82) is 0 Å². The molecular weight excluding hydrogens is 489 g/mol. The van der Waals surface area contributed by atoms with Crippen LogP contribution in [0.5, 0.6) is 0 Å². The Kier molecular flexibility index (Phi) is 4.73. The minimum Gasteiger partial charge on any atom is -0.289 e. The highest BCUT2D eigenvalue weighted by molar-refractivity contribution is 9.10. The average Bonchev–Trinajstić information content (AvgIpc) is 3.06. The number of sulfone groups is 1. The summed E-state index contributed by atoms with van der Waals surface area (Å²) in [5.74, 6) is -0.552. The van der Waals surface area contributed by atoms with Gasteiger partial charge in [0.2, 0.25) is 0 Å². The normalized spacial score (nSPS) is 12.7. The number of nitrogens with zero attached hydrogens (tertiary/aromatic N) is 4. The summed E-state index contributed by atoms with van der Waals surface area (Å²) in [7, 11) is -3.87. The third kappa shape index (κ3) is 3.29. The van der Waals surface area contributed by atoms with Gasteiger partial charge in [-0.2, -0.15) is 23.0 Å². The second kappa shape index (κ2) is 6.91. The van der Waals surface area contributed by atoms with Gasteiger partial charge in [-0.3, -0.25) is 9.20 Å². The third-order valence-corrected chi connectivity index (χ3v) is 6.74. The Morgan fingerprint density at radius 1 is 1.17 bits per heavy atom. The van der Waals surface area contributed by atoms with Gasteiger partial charge in [-0.05, 0) is 24.3 Å². The van der Waals surface area contributed by atoms with Gasteiger partial charge >= 0.3 is 6.18 Å². The molecule has 4 rings (SSSR count). The topological polar surface area (TPSA) is 86.3 Å². The summed E-state index contributed by atoms with van der Waals surface area (Å²) in [6.07, 6.45) is -1.98. The van der Waals surface area contributed by atoms with Gasteiger partial charge in [-0.15, -0.1) is 0 Å². The van der Waals surface area contributed by atoms with Gasteiger partial charge < -0.3 is 0 Å². The number of fused-ring (bicyclic) bond motifs is 2. The van der Waals surface area contributed by atoms with Gasteiger partial charge in [0, 0.05) is 16.1 Å². The summed E-state index contributed by atoms with van der Waals surface area (Å²) in [6.45, 7) is 1.43. The van der Waals surface area contributed by atoms with Gasteiger partial charge in [0.1, 0.15) is 5.65 Å². The zero-order valence-electron chi connectivity index (χ0n) is 15.2. The van der Waals surface area contributed by atoms with Crippen LogP contribution in [0.4, 0.5) is 13.2 Å². The van der Waals surface area contributed by atoms with E-state index < -0.39 is 27.1 Å². The van der Waals surface area contributed by atoms with Crippen molar-refractivity contribution < 1.29 is 21.6 Å². The van der Waals surface area contributed by atoms with Crippen molar-refractivity contribution in [3.8, 4) is 5.82 Å². The lowest BCUT2D eigenvalue weighted by atomic mass is 10.1. The molecule has 0 radical (unpaired) electrons. The Balaban J connectivity index is 2.09.